The number of para-hydroxylation sites is 1. The molecule has 0 spiro atoms. The molecular weight excluding hydrogens is 387 g/mol. The highest BCUT2D eigenvalue weighted by Crippen LogP contribution is 2.31. The number of carbonyl (C=O) groups is 3. The van der Waals surface area contributed by atoms with Gasteiger partial charge < -0.3 is 5.32 Å². The summed E-state index contributed by atoms with van der Waals surface area (Å²) >= 11 is 11.9. The van der Waals surface area contributed by atoms with Crippen molar-refractivity contribution >= 4 is 46.6 Å². The number of imide groups is 1. The number of benzene rings is 2. The predicted octanol–water partition coefficient (Wildman–Crippen LogP) is 4.35. The van der Waals surface area contributed by atoms with Gasteiger partial charge in [-0.1, -0.05) is 55.2 Å². The zero-order valence-electron chi connectivity index (χ0n) is 14.9. The second-order valence-corrected chi connectivity index (χ2v) is 7.03. The van der Waals surface area contributed by atoms with Crippen molar-refractivity contribution < 1.29 is 14.4 Å². The summed E-state index contributed by atoms with van der Waals surface area (Å²) in [6.45, 7) is 3.63. The van der Waals surface area contributed by atoms with Gasteiger partial charge in [-0.25, -0.2) is 0 Å². The van der Waals surface area contributed by atoms with Crippen LogP contribution in [-0.4, -0.2) is 29.2 Å². The molecule has 1 aliphatic rings. The lowest BCUT2D eigenvalue weighted by molar-refractivity contribution is -0.116. The fraction of sp³-hybridized carbons (Fsp3) is 0.250. The lowest BCUT2D eigenvalue weighted by atomic mass is 10.0. The number of fused-ring (bicyclic) bond motifs is 1. The number of nitrogens with zero attached hydrogens (tertiary/aromatic N) is 1. The molecule has 3 amide bonds. The van der Waals surface area contributed by atoms with E-state index in [9.17, 15) is 14.4 Å². The van der Waals surface area contributed by atoms with Crippen molar-refractivity contribution in [1.29, 1.82) is 0 Å². The Bertz CT molecular complexity index is 893. The van der Waals surface area contributed by atoms with Crippen LogP contribution in [0.15, 0.2) is 30.3 Å². The van der Waals surface area contributed by atoms with Crippen LogP contribution in [0.3, 0.4) is 0 Å². The van der Waals surface area contributed by atoms with E-state index >= 15 is 0 Å². The molecule has 0 aromatic heterocycles. The quantitative estimate of drug-likeness (QED) is 0.752. The van der Waals surface area contributed by atoms with Gasteiger partial charge in [0.15, 0.2) is 0 Å². The van der Waals surface area contributed by atoms with Crippen LogP contribution in [0, 0.1) is 0 Å². The minimum atomic E-state index is -0.553. The lowest BCUT2D eigenvalue weighted by Gasteiger charge is -2.17. The normalized spacial score (nSPS) is 13.1. The number of aryl methyl sites for hydroxylation is 2. The van der Waals surface area contributed by atoms with E-state index in [1.807, 2.05) is 32.0 Å². The zero-order chi connectivity index (χ0) is 19.7. The van der Waals surface area contributed by atoms with Crippen molar-refractivity contribution in [2.45, 2.75) is 26.7 Å². The van der Waals surface area contributed by atoms with Crippen molar-refractivity contribution in [2.75, 3.05) is 11.9 Å². The van der Waals surface area contributed by atoms with Crippen LogP contribution in [0.25, 0.3) is 0 Å². The Balaban J connectivity index is 1.82. The van der Waals surface area contributed by atoms with Gasteiger partial charge in [-0.05, 0) is 36.1 Å². The van der Waals surface area contributed by atoms with Crippen LogP contribution in [0.4, 0.5) is 5.69 Å². The van der Waals surface area contributed by atoms with Gasteiger partial charge in [0, 0.05) is 5.69 Å². The van der Waals surface area contributed by atoms with Crippen molar-refractivity contribution in [1.82, 2.24) is 4.90 Å². The summed E-state index contributed by atoms with van der Waals surface area (Å²) in [6, 6.07) is 8.56. The largest absolute Gasteiger partial charge is 0.324 e. The molecule has 2 aromatic rings. The van der Waals surface area contributed by atoms with Gasteiger partial charge in [0.05, 0.1) is 21.2 Å². The molecule has 0 fully saturated rings. The van der Waals surface area contributed by atoms with Gasteiger partial charge in [-0.3, -0.25) is 19.3 Å². The summed E-state index contributed by atoms with van der Waals surface area (Å²) in [5.74, 6) is -1.54. The van der Waals surface area contributed by atoms with Crippen LogP contribution < -0.4 is 5.32 Å². The van der Waals surface area contributed by atoms with Crippen molar-refractivity contribution in [3.05, 3.63) is 62.6 Å². The number of anilines is 1. The third kappa shape index (κ3) is 3.57. The molecule has 0 aliphatic carbocycles. The highest BCUT2D eigenvalue weighted by Gasteiger charge is 2.37. The molecule has 0 unspecified atom stereocenters. The molecule has 27 heavy (non-hydrogen) atoms. The number of hydrogen-bond donors (Lipinski definition) is 1. The van der Waals surface area contributed by atoms with Gasteiger partial charge >= 0.3 is 0 Å². The standard InChI is InChI=1S/C20H18Cl2N2O3/c1-3-11-6-5-7-12(4-2)18(11)23-17(25)10-24-19(26)13-8-15(21)16(22)9-14(13)20(24)27/h5-9H,3-4,10H2,1-2H3,(H,23,25). The lowest BCUT2D eigenvalue weighted by Crippen LogP contribution is -2.37. The maximum atomic E-state index is 12.6. The van der Waals surface area contributed by atoms with E-state index in [-0.39, 0.29) is 27.7 Å². The second-order valence-electron chi connectivity index (χ2n) is 6.21. The highest BCUT2D eigenvalue weighted by atomic mass is 35.5. The Morgan fingerprint density at radius 3 is 1.89 bits per heavy atom. The number of rotatable bonds is 5. The maximum Gasteiger partial charge on any atom is 0.262 e. The van der Waals surface area contributed by atoms with Crippen molar-refractivity contribution in [2.24, 2.45) is 0 Å². The summed E-state index contributed by atoms with van der Waals surface area (Å²) in [4.78, 5) is 38.5. The van der Waals surface area contributed by atoms with E-state index in [2.05, 4.69) is 5.32 Å². The number of halogens is 2. The Morgan fingerprint density at radius 2 is 1.44 bits per heavy atom. The zero-order valence-corrected chi connectivity index (χ0v) is 16.4. The van der Waals surface area contributed by atoms with Gasteiger partial charge in [-0.2, -0.15) is 0 Å². The van der Waals surface area contributed by atoms with E-state index in [0.29, 0.717) is 0 Å². The summed E-state index contributed by atoms with van der Waals surface area (Å²) < 4.78 is 0. The molecule has 7 heteroatoms. The van der Waals surface area contributed by atoms with Gasteiger partial charge in [-0.15, -0.1) is 0 Å². The molecule has 1 aliphatic heterocycles. The first kappa shape index (κ1) is 19.4. The van der Waals surface area contributed by atoms with E-state index in [1.165, 1.54) is 12.1 Å². The minimum absolute atomic E-state index is 0.158. The fourth-order valence-corrected chi connectivity index (χ4v) is 3.48. The Labute approximate surface area is 167 Å². The van der Waals surface area contributed by atoms with Crippen LogP contribution in [0.2, 0.25) is 10.0 Å². The molecule has 5 nitrogen and oxygen atoms in total. The maximum absolute atomic E-state index is 12.6. The molecule has 0 saturated carbocycles. The van der Waals surface area contributed by atoms with E-state index in [0.717, 1.165) is 34.6 Å². The van der Waals surface area contributed by atoms with Crippen LogP contribution in [0.1, 0.15) is 45.7 Å². The van der Waals surface area contributed by atoms with Crippen molar-refractivity contribution in [3.63, 3.8) is 0 Å². The number of nitrogens with one attached hydrogen (secondary N) is 1. The van der Waals surface area contributed by atoms with Gasteiger partial charge in [0.2, 0.25) is 5.91 Å². The van der Waals surface area contributed by atoms with Crippen molar-refractivity contribution in [3.8, 4) is 0 Å². The number of carbonyl (C=O) groups excluding carboxylic acids is 3. The summed E-state index contributed by atoms with van der Waals surface area (Å²) in [7, 11) is 0. The van der Waals surface area contributed by atoms with E-state index in [1.54, 1.807) is 0 Å². The Hall–Kier alpha value is -2.37. The fourth-order valence-electron chi connectivity index (χ4n) is 3.15. The smallest absolute Gasteiger partial charge is 0.262 e. The third-order valence-corrected chi connectivity index (χ3v) is 5.30. The molecule has 1 N–H and O–H groups in total. The van der Waals surface area contributed by atoms with Gasteiger partial charge in [0.1, 0.15) is 6.54 Å². The first-order valence-electron chi connectivity index (χ1n) is 8.63. The first-order valence-corrected chi connectivity index (χ1v) is 9.38. The summed E-state index contributed by atoms with van der Waals surface area (Å²) in [5.41, 5.74) is 3.07. The Morgan fingerprint density at radius 1 is 0.963 bits per heavy atom. The summed E-state index contributed by atoms with van der Waals surface area (Å²) in [6.07, 6.45) is 1.51. The molecule has 1 heterocycles. The number of amides is 3. The van der Waals surface area contributed by atoms with E-state index < -0.39 is 17.7 Å². The SMILES string of the molecule is CCc1cccc(CC)c1NC(=O)CN1C(=O)c2cc(Cl)c(Cl)cc2C1=O. The summed E-state index contributed by atoms with van der Waals surface area (Å²) in [5, 5.41) is 3.24. The van der Waals surface area contributed by atoms with Crippen LogP contribution >= 0.6 is 23.2 Å². The highest BCUT2D eigenvalue weighted by molar-refractivity contribution is 6.43. The molecule has 0 atom stereocenters. The molecule has 0 radical (unpaired) electrons. The molecule has 3 rings (SSSR count). The third-order valence-electron chi connectivity index (χ3n) is 4.58. The van der Waals surface area contributed by atoms with E-state index in [4.69, 9.17) is 23.2 Å². The second kappa shape index (κ2) is 7.71. The molecule has 140 valence electrons. The average molecular weight is 405 g/mol. The monoisotopic (exact) mass is 404 g/mol. The minimum Gasteiger partial charge on any atom is -0.324 e. The molecule has 2 aromatic carbocycles. The molecule has 0 saturated heterocycles. The predicted molar refractivity (Wildman–Crippen MR) is 106 cm³/mol. The topological polar surface area (TPSA) is 66.5 Å². The van der Waals surface area contributed by atoms with Crippen LogP contribution in [-0.2, 0) is 17.6 Å². The Kier molecular flexibility index (Phi) is 5.53. The van der Waals surface area contributed by atoms with Crippen LogP contribution in [0.5, 0.6) is 0 Å². The average Bonchev–Trinajstić information content (AvgIpc) is 2.87. The first-order chi connectivity index (χ1) is 12.9. The molecular formula is C20H18Cl2N2O3. The number of hydrogen-bond acceptors (Lipinski definition) is 3. The molecule has 0 bridgehead atoms. The van der Waals surface area contributed by atoms with Gasteiger partial charge in [0.25, 0.3) is 11.8 Å².